The van der Waals surface area contributed by atoms with Gasteiger partial charge >= 0.3 is 0 Å². The van der Waals surface area contributed by atoms with Crippen LogP contribution in [0.5, 0.6) is 5.75 Å². The van der Waals surface area contributed by atoms with Crippen molar-refractivity contribution < 1.29 is 19.1 Å². The topological polar surface area (TPSA) is 87.7 Å². The maximum Gasteiger partial charge on any atom is 0.251 e. The van der Waals surface area contributed by atoms with Crippen LogP contribution in [0.4, 0.5) is 11.4 Å². The molecule has 1 saturated heterocycles. The molecule has 2 aromatic rings. The summed E-state index contributed by atoms with van der Waals surface area (Å²) in [5.41, 5.74) is 1.64. The Morgan fingerprint density at radius 1 is 1.16 bits per heavy atom. The first kappa shape index (κ1) is 23.6. The van der Waals surface area contributed by atoms with Crippen molar-refractivity contribution in [3.05, 3.63) is 53.1 Å². The van der Waals surface area contributed by atoms with Crippen LogP contribution in [-0.4, -0.2) is 37.4 Å². The zero-order chi connectivity index (χ0) is 23.3. The van der Waals surface area contributed by atoms with Crippen molar-refractivity contribution in [2.24, 2.45) is 5.92 Å². The third kappa shape index (κ3) is 5.79. The molecule has 7 nitrogen and oxygen atoms in total. The monoisotopic (exact) mass is 457 g/mol. The van der Waals surface area contributed by atoms with E-state index >= 15 is 0 Å². The molecule has 1 aliphatic rings. The molecule has 2 N–H and O–H groups in total. The summed E-state index contributed by atoms with van der Waals surface area (Å²) in [4.78, 5) is 39.4. The predicted molar refractivity (Wildman–Crippen MR) is 125 cm³/mol. The van der Waals surface area contributed by atoms with Gasteiger partial charge in [0, 0.05) is 35.3 Å². The summed E-state index contributed by atoms with van der Waals surface area (Å²) in [5.74, 6) is 0.0796. The van der Waals surface area contributed by atoms with Crippen molar-refractivity contribution >= 4 is 40.7 Å². The van der Waals surface area contributed by atoms with Crippen LogP contribution in [0.25, 0.3) is 0 Å². The Morgan fingerprint density at radius 2 is 1.88 bits per heavy atom. The highest BCUT2D eigenvalue weighted by Gasteiger charge is 2.26. The minimum Gasteiger partial charge on any atom is -0.494 e. The fourth-order valence-corrected chi connectivity index (χ4v) is 3.78. The van der Waals surface area contributed by atoms with Crippen LogP contribution in [0.1, 0.15) is 43.5 Å². The number of anilines is 2. The van der Waals surface area contributed by atoms with Gasteiger partial charge in [-0.3, -0.25) is 14.4 Å². The van der Waals surface area contributed by atoms with Crippen LogP contribution in [0.15, 0.2) is 42.5 Å². The van der Waals surface area contributed by atoms with E-state index in [9.17, 15) is 14.4 Å². The zero-order valence-corrected chi connectivity index (χ0v) is 19.2. The summed E-state index contributed by atoms with van der Waals surface area (Å²) < 4.78 is 5.46. The van der Waals surface area contributed by atoms with Gasteiger partial charge < -0.3 is 20.3 Å². The number of hydrogen-bond donors (Lipinski definition) is 2. The molecular weight excluding hydrogens is 430 g/mol. The maximum absolute atomic E-state index is 13.0. The Bertz CT molecular complexity index is 991. The molecule has 0 saturated carbocycles. The van der Waals surface area contributed by atoms with Gasteiger partial charge in [-0.2, -0.15) is 0 Å². The van der Waals surface area contributed by atoms with Gasteiger partial charge in [-0.25, -0.2) is 0 Å². The first-order valence-corrected chi connectivity index (χ1v) is 11.0. The lowest BCUT2D eigenvalue weighted by Crippen LogP contribution is -2.44. The number of methoxy groups -OCH3 is 1. The first-order chi connectivity index (χ1) is 15.3. The van der Waals surface area contributed by atoms with E-state index in [2.05, 4.69) is 10.6 Å². The lowest BCUT2D eigenvalue weighted by atomic mass is 10.0. The fraction of sp³-hybridized carbons (Fsp3) is 0.375. The molecule has 3 rings (SSSR count). The van der Waals surface area contributed by atoms with E-state index in [0.717, 1.165) is 6.42 Å². The molecule has 170 valence electrons. The van der Waals surface area contributed by atoms with E-state index < -0.39 is 6.04 Å². The van der Waals surface area contributed by atoms with E-state index in [4.69, 9.17) is 16.3 Å². The van der Waals surface area contributed by atoms with Gasteiger partial charge in [0.1, 0.15) is 11.8 Å². The van der Waals surface area contributed by atoms with Gasteiger partial charge in [-0.15, -0.1) is 0 Å². The van der Waals surface area contributed by atoms with Gasteiger partial charge in [0.05, 0.1) is 12.8 Å². The van der Waals surface area contributed by atoms with Crippen molar-refractivity contribution in [1.29, 1.82) is 0 Å². The van der Waals surface area contributed by atoms with Gasteiger partial charge in [0.15, 0.2) is 0 Å². The van der Waals surface area contributed by atoms with Crippen LogP contribution in [-0.2, 0) is 9.59 Å². The second-order valence-corrected chi connectivity index (χ2v) is 8.62. The van der Waals surface area contributed by atoms with Crippen LogP contribution >= 0.6 is 11.6 Å². The van der Waals surface area contributed by atoms with E-state index in [1.165, 1.54) is 7.11 Å². The Kier molecular flexibility index (Phi) is 7.75. The highest BCUT2D eigenvalue weighted by Crippen LogP contribution is 2.34. The summed E-state index contributed by atoms with van der Waals surface area (Å²) in [7, 11) is 1.53. The van der Waals surface area contributed by atoms with E-state index in [-0.39, 0.29) is 23.6 Å². The quantitative estimate of drug-likeness (QED) is 0.620. The molecule has 1 heterocycles. The SMILES string of the molecule is COc1cc(NC(=O)C(CC(C)C)NC(=O)c2ccc(Cl)cc2)ccc1N1CCCC1=O. The summed E-state index contributed by atoms with van der Waals surface area (Å²) in [6, 6.07) is 11.0. The maximum atomic E-state index is 13.0. The minimum absolute atomic E-state index is 0.0574. The molecule has 0 spiro atoms. The number of nitrogens with one attached hydrogen (secondary N) is 2. The molecule has 1 fully saturated rings. The largest absolute Gasteiger partial charge is 0.494 e. The number of rotatable bonds is 8. The van der Waals surface area contributed by atoms with Crippen LogP contribution in [0.3, 0.4) is 0 Å². The van der Waals surface area contributed by atoms with Gasteiger partial charge in [-0.1, -0.05) is 25.4 Å². The highest BCUT2D eigenvalue weighted by atomic mass is 35.5. The number of ether oxygens (including phenoxy) is 1. The molecule has 8 heteroatoms. The summed E-state index contributed by atoms with van der Waals surface area (Å²) >= 11 is 5.89. The lowest BCUT2D eigenvalue weighted by molar-refractivity contribution is -0.118. The summed E-state index contributed by atoms with van der Waals surface area (Å²) in [6.07, 6.45) is 1.80. The Balaban J connectivity index is 1.74. The van der Waals surface area contributed by atoms with Crippen molar-refractivity contribution in [3.8, 4) is 5.75 Å². The smallest absolute Gasteiger partial charge is 0.251 e. The summed E-state index contributed by atoms with van der Waals surface area (Å²) in [5, 5.41) is 6.21. The standard InChI is InChI=1S/C24H28ClN3O4/c1-15(2)13-19(27-23(30)16-6-8-17(25)9-7-16)24(31)26-18-10-11-20(21(14-18)32-3)28-12-4-5-22(28)29/h6-11,14-15,19H,4-5,12-13H2,1-3H3,(H,26,31)(H,27,30). The van der Waals surface area contributed by atoms with Gasteiger partial charge in [0.2, 0.25) is 11.8 Å². The minimum atomic E-state index is -0.719. The zero-order valence-electron chi connectivity index (χ0n) is 18.5. The number of carbonyl (C=O) groups is 3. The molecule has 1 aliphatic heterocycles. The number of carbonyl (C=O) groups excluding carboxylic acids is 3. The van der Waals surface area contributed by atoms with E-state index in [1.54, 1.807) is 47.4 Å². The normalized spacial score (nSPS) is 14.4. The van der Waals surface area contributed by atoms with Crippen molar-refractivity contribution in [1.82, 2.24) is 5.32 Å². The number of amides is 3. The van der Waals surface area contributed by atoms with Crippen molar-refractivity contribution in [2.45, 2.75) is 39.2 Å². The fourth-order valence-electron chi connectivity index (χ4n) is 3.66. The Hall–Kier alpha value is -3.06. The molecule has 1 unspecified atom stereocenters. The molecule has 1 atom stereocenters. The molecule has 0 radical (unpaired) electrons. The average Bonchev–Trinajstić information content (AvgIpc) is 3.18. The predicted octanol–water partition coefficient (Wildman–Crippen LogP) is 4.26. The molecule has 0 aromatic heterocycles. The third-order valence-corrected chi connectivity index (χ3v) is 5.50. The average molecular weight is 458 g/mol. The van der Waals surface area contributed by atoms with Gasteiger partial charge in [0.25, 0.3) is 5.91 Å². The number of hydrogen-bond acceptors (Lipinski definition) is 4. The molecule has 2 aromatic carbocycles. The second kappa shape index (κ2) is 10.5. The Labute approximate surface area is 193 Å². The highest BCUT2D eigenvalue weighted by molar-refractivity contribution is 6.30. The van der Waals surface area contributed by atoms with Crippen LogP contribution < -0.4 is 20.3 Å². The van der Waals surface area contributed by atoms with Crippen molar-refractivity contribution in [2.75, 3.05) is 23.9 Å². The second-order valence-electron chi connectivity index (χ2n) is 8.19. The third-order valence-electron chi connectivity index (χ3n) is 5.25. The number of nitrogens with zero attached hydrogens (tertiary/aromatic N) is 1. The number of benzene rings is 2. The molecule has 0 bridgehead atoms. The van der Waals surface area contributed by atoms with Gasteiger partial charge in [-0.05, 0) is 55.2 Å². The van der Waals surface area contributed by atoms with E-state index in [1.807, 2.05) is 13.8 Å². The van der Waals surface area contributed by atoms with E-state index in [0.29, 0.717) is 47.1 Å². The van der Waals surface area contributed by atoms with Crippen molar-refractivity contribution in [3.63, 3.8) is 0 Å². The molecule has 3 amide bonds. The Morgan fingerprint density at radius 3 is 2.47 bits per heavy atom. The molecule has 0 aliphatic carbocycles. The van der Waals surface area contributed by atoms with Crippen LogP contribution in [0.2, 0.25) is 5.02 Å². The molecule has 32 heavy (non-hydrogen) atoms. The van der Waals surface area contributed by atoms with Crippen LogP contribution in [0, 0.1) is 5.92 Å². The summed E-state index contributed by atoms with van der Waals surface area (Å²) in [6.45, 7) is 4.62. The number of halogens is 1. The first-order valence-electron chi connectivity index (χ1n) is 10.6. The lowest BCUT2D eigenvalue weighted by Gasteiger charge is -2.22. The molecular formula is C24H28ClN3O4.